The van der Waals surface area contributed by atoms with Gasteiger partial charge in [-0.3, -0.25) is 0 Å². The van der Waals surface area contributed by atoms with Crippen LogP contribution in [-0.4, -0.2) is 13.7 Å². The molecule has 0 fully saturated rings. The lowest BCUT2D eigenvalue weighted by Crippen LogP contribution is -2.02. The molecule has 0 saturated heterocycles. The number of methoxy groups -OCH3 is 1. The smallest absolute Gasteiger partial charge is 0.165 e. The van der Waals surface area contributed by atoms with Gasteiger partial charge in [0.2, 0.25) is 0 Å². The molecule has 0 aromatic heterocycles. The van der Waals surface area contributed by atoms with Gasteiger partial charge in [-0.25, -0.2) is 4.39 Å². The summed E-state index contributed by atoms with van der Waals surface area (Å²) in [6.45, 7) is 0.947. The Balaban J connectivity index is 1.96. The van der Waals surface area contributed by atoms with Crippen molar-refractivity contribution in [2.24, 2.45) is 5.73 Å². The zero-order valence-electron chi connectivity index (χ0n) is 11.4. The van der Waals surface area contributed by atoms with Crippen molar-refractivity contribution in [2.45, 2.75) is 13.0 Å². The van der Waals surface area contributed by atoms with Crippen LogP contribution in [0.4, 0.5) is 4.39 Å². The summed E-state index contributed by atoms with van der Waals surface area (Å²) >= 11 is 0. The van der Waals surface area contributed by atoms with Gasteiger partial charge in [0.25, 0.3) is 0 Å². The summed E-state index contributed by atoms with van der Waals surface area (Å²) in [5.74, 6) is 0.605. The summed E-state index contributed by atoms with van der Waals surface area (Å²) < 4.78 is 24.0. The van der Waals surface area contributed by atoms with Crippen molar-refractivity contribution in [3.8, 4) is 11.5 Å². The maximum Gasteiger partial charge on any atom is 0.165 e. The highest BCUT2D eigenvalue weighted by molar-refractivity contribution is 5.30. The van der Waals surface area contributed by atoms with Gasteiger partial charge >= 0.3 is 0 Å². The molecule has 0 atom stereocenters. The first-order valence-corrected chi connectivity index (χ1v) is 6.47. The lowest BCUT2D eigenvalue weighted by molar-refractivity contribution is 0.304. The van der Waals surface area contributed by atoms with E-state index in [1.807, 2.05) is 24.3 Å². The quantitative estimate of drug-likeness (QED) is 0.881. The van der Waals surface area contributed by atoms with Crippen molar-refractivity contribution < 1.29 is 13.9 Å². The largest absolute Gasteiger partial charge is 0.494 e. The number of rotatable bonds is 6. The summed E-state index contributed by atoms with van der Waals surface area (Å²) in [4.78, 5) is 0. The number of ether oxygens (including phenoxy) is 2. The molecule has 2 aromatic carbocycles. The second kappa shape index (κ2) is 6.91. The fourth-order valence-corrected chi connectivity index (χ4v) is 1.89. The first-order valence-electron chi connectivity index (χ1n) is 6.47. The molecule has 2 rings (SSSR count). The highest BCUT2D eigenvalue weighted by atomic mass is 19.1. The van der Waals surface area contributed by atoms with E-state index < -0.39 is 0 Å². The Morgan fingerprint density at radius 1 is 1.05 bits per heavy atom. The van der Waals surface area contributed by atoms with E-state index in [9.17, 15) is 4.39 Å². The van der Waals surface area contributed by atoms with Crippen LogP contribution in [0.3, 0.4) is 0 Å². The Morgan fingerprint density at radius 2 is 1.75 bits per heavy atom. The lowest BCUT2D eigenvalue weighted by Gasteiger charge is -2.08. The summed E-state index contributed by atoms with van der Waals surface area (Å²) in [5, 5.41) is 0. The van der Waals surface area contributed by atoms with E-state index in [4.69, 9.17) is 15.2 Å². The van der Waals surface area contributed by atoms with Crippen LogP contribution in [-0.2, 0) is 13.0 Å². The Bertz CT molecular complexity index is 555. The molecule has 0 amide bonds. The van der Waals surface area contributed by atoms with E-state index in [1.165, 1.54) is 18.7 Å². The third-order valence-corrected chi connectivity index (χ3v) is 2.98. The number of halogens is 1. The Labute approximate surface area is 118 Å². The lowest BCUT2D eigenvalue weighted by atomic mass is 10.1. The van der Waals surface area contributed by atoms with Crippen LogP contribution in [0.1, 0.15) is 11.1 Å². The Kier molecular flexibility index (Phi) is 4.96. The van der Waals surface area contributed by atoms with Crippen molar-refractivity contribution in [3.63, 3.8) is 0 Å². The third kappa shape index (κ3) is 3.71. The van der Waals surface area contributed by atoms with Crippen molar-refractivity contribution in [2.75, 3.05) is 13.7 Å². The zero-order valence-corrected chi connectivity index (χ0v) is 11.4. The number of benzene rings is 2. The number of hydrogen-bond donors (Lipinski definition) is 1. The van der Waals surface area contributed by atoms with Crippen molar-refractivity contribution >= 4 is 0 Å². The van der Waals surface area contributed by atoms with Crippen molar-refractivity contribution in [1.82, 2.24) is 0 Å². The fourth-order valence-electron chi connectivity index (χ4n) is 1.89. The second-order valence-corrected chi connectivity index (χ2v) is 4.44. The minimum Gasteiger partial charge on any atom is -0.494 e. The molecule has 0 bridgehead atoms. The fraction of sp³-hybridized carbons (Fsp3) is 0.250. The van der Waals surface area contributed by atoms with Crippen LogP contribution in [0.2, 0.25) is 0 Å². The molecular weight excluding hydrogens is 257 g/mol. The van der Waals surface area contributed by atoms with Gasteiger partial charge in [0.1, 0.15) is 12.4 Å². The summed E-state index contributed by atoms with van der Waals surface area (Å²) in [7, 11) is 1.44. The SMILES string of the molecule is COc1ccc(COc2ccc(CCN)cc2)cc1F. The molecule has 0 aliphatic carbocycles. The van der Waals surface area contributed by atoms with Gasteiger partial charge in [-0.15, -0.1) is 0 Å². The molecule has 3 nitrogen and oxygen atoms in total. The molecule has 4 heteroatoms. The third-order valence-electron chi connectivity index (χ3n) is 2.98. The predicted octanol–water partition coefficient (Wildman–Crippen LogP) is 2.91. The van der Waals surface area contributed by atoms with Gasteiger partial charge < -0.3 is 15.2 Å². The molecule has 0 saturated carbocycles. The topological polar surface area (TPSA) is 44.5 Å². The van der Waals surface area contributed by atoms with Gasteiger partial charge in [-0.1, -0.05) is 18.2 Å². The summed E-state index contributed by atoms with van der Waals surface area (Å²) in [6, 6.07) is 12.5. The molecule has 0 heterocycles. The van der Waals surface area contributed by atoms with Crippen LogP contribution in [0.5, 0.6) is 11.5 Å². The first-order chi connectivity index (χ1) is 9.72. The van der Waals surface area contributed by atoms with E-state index in [0.29, 0.717) is 13.2 Å². The van der Waals surface area contributed by atoms with Crippen molar-refractivity contribution in [3.05, 3.63) is 59.4 Å². The number of hydrogen-bond acceptors (Lipinski definition) is 3. The molecule has 106 valence electrons. The standard InChI is InChI=1S/C16H18FNO2/c1-19-16-7-4-13(10-15(16)17)11-20-14-5-2-12(3-6-14)8-9-18/h2-7,10H,8-9,11,18H2,1H3. The van der Waals surface area contributed by atoms with Crippen LogP contribution in [0.15, 0.2) is 42.5 Å². The van der Waals surface area contributed by atoms with E-state index >= 15 is 0 Å². The average molecular weight is 275 g/mol. The van der Waals surface area contributed by atoms with Crippen LogP contribution in [0, 0.1) is 5.82 Å². The second-order valence-electron chi connectivity index (χ2n) is 4.44. The monoisotopic (exact) mass is 275 g/mol. The maximum atomic E-state index is 13.5. The first kappa shape index (κ1) is 14.3. The van der Waals surface area contributed by atoms with Gasteiger partial charge in [0.15, 0.2) is 11.6 Å². The van der Waals surface area contributed by atoms with E-state index in [1.54, 1.807) is 12.1 Å². The molecule has 0 radical (unpaired) electrons. The van der Waals surface area contributed by atoms with E-state index in [-0.39, 0.29) is 11.6 Å². The van der Waals surface area contributed by atoms with E-state index in [0.717, 1.165) is 17.7 Å². The van der Waals surface area contributed by atoms with Gasteiger partial charge in [0.05, 0.1) is 7.11 Å². The molecule has 0 aliphatic rings. The highest BCUT2D eigenvalue weighted by Crippen LogP contribution is 2.19. The maximum absolute atomic E-state index is 13.5. The molecule has 0 spiro atoms. The molecule has 20 heavy (non-hydrogen) atoms. The molecule has 0 aliphatic heterocycles. The highest BCUT2D eigenvalue weighted by Gasteiger charge is 2.04. The Morgan fingerprint density at radius 3 is 2.35 bits per heavy atom. The number of nitrogens with two attached hydrogens (primary N) is 1. The van der Waals surface area contributed by atoms with Crippen LogP contribution < -0.4 is 15.2 Å². The average Bonchev–Trinajstić information content (AvgIpc) is 2.47. The minimum atomic E-state index is -0.383. The van der Waals surface area contributed by atoms with Gasteiger partial charge in [0, 0.05) is 0 Å². The van der Waals surface area contributed by atoms with E-state index in [2.05, 4.69) is 0 Å². The molecular formula is C16H18FNO2. The van der Waals surface area contributed by atoms with Gasteiger partial charge in [-0.2, -0.15) is 0 Å². The normalized spacial score (nSPS) is 10.3. The molecule has 2 N–H and O–H groups in total. The van der Waals surface area contributed by atoms with Crippen LogP contribution in [0.25, 0.3) is 0 Å². The zero-order chi connectivity index (χ0) is 14.4. The van der Waals surface area contributed by atoms with Gasteiger partial charge in [-0.05, 0) is 48.4 Å². The van der Waals surface area contributed by atoms with Crippen molar-refractivity contribution in [1.29, 1.82) is 0 Å². The summed E-state index contributed by atoms with van der Waals surface area (Å²) in [6.07, 6.45) is 0.851. The summed E-state index contributed by atoms with van der Waals surface area (Å²) in [5.41, 5.74) is 7.43. The predicted molar refractivity (Wildman–Crippen MR) is 76.5 cm³/mol. The molecule has 0 unspecified atom stereocenters. The Hall–Kier alpha value is -2.07. The van der Waals surface area contributed by atoms with Crippen LogP contribution >= 0.6 is 0 Å². The minimum absolute atomic E-state index is 0.236. The molecule has 2 aromatic rings.